The van der Waals surface area contributed by atoms with E-state index in [-0.39, 0.29) is 35.2 Å². The van der Waals surface area contributed by atoms with Crippen LogP contribution in [-0.2, 0) is 19.6 Å². The van der Waals surface area contributed by atoms with Crippen molar-refractivity contribution in [2.75, 3.05) is 37.9 Å². The monoisotopic (exact) mass is 420 g/mol. The van der Waals surface area contributed by atoms with Crippen molar-refractivity contribution < 1.29 is 17.9 Å². The molecule has 1 aliphatic rings. The summed E-state index contributed by atoms with van der Waals surface area (Å²) in [7, 11) is -0.661. The van der Waals surface area contributed by atoms with Gasteiger partial charge in [-0.1, -0.05) is 6.42 Å². The molecule has 154 valence electrons. The van der Waals surface area contributed by atoms with E-state index in [0.717, 1.165) is 19.3 Å². The van der Waals surface area contributed by atoms with Gasteiger partial charge in [-0.2, -0.15) is 0 Å². The van der Waals surface area contributed by atoms with Gasteiger partial charge in [-0.15, -0.1) is 12.4 Å². The van der Waals surface area contributed by atoms with Crippen LogP contribution in [0.5, 0.6) is 0 Å². The number of carbonyl (C=O) groups excluding carboxylic acids is 1. The highest BCUT2D eigenvalue weighted by Crippen LogP contribution is 2.29. The average Bonchev–Trinajstić information content (AvgIpc) is 3.01. The lowest BCUT2D eigenvalue weighted by molar-refractivity contribution is -0.117. The van der Waals surface area contributed by atoms with Gasteiger partial charge in [0.2, 0.25) is 15.9 Å². The molecule has 27 heavy (non-hydrogen) atoms. The summed E-state index contributed by atoms with van der Waals surface area (Å²) < 4.78 is 31.4. The van der Waals surface area contributed by atoms with Crippen molar-refractivity contribution >= 4 is 39.7 Å². The second kappa shape index (κ2) is 10.8. The van der Waals surface area contributed by atoms with Crippen LogP contribution in [0.3, 0.4) is 0 Å². The quantitative estimate of drug-likeness (QED) is 0.449. The molecule has 0 bridgehead atoms. The van der Waals surface area contributed by atoms with Crippen LogP contribution in [0, 0.1) is 5.92 Å². The first kappa shape index (κ1) is 23.6. The van der Waals surface area contributed by atoms with Crippen LogP contribution < -0.4 is 21.1 Å². The number of ether oxygens (including phenoxy) is 1. The molecular weight excluding hydrogens is 392 g/mol. The molecular formula is C17H29ClN4O4S. The number of methoxy groups -OCH3 is 1. The van der Waals surface area contributed by atoms with Gasteiger partial charge in [0.25, 0.3) is 0 Å². The zero-order valence-electron chi connectivity index (χ0n) is 15.7. The summed E-state index contributed by atoms with van der Waals surface area (Å²) in [4.78, 5) is 12.5. The molecule has 2 rings (SSSR count). The average molecular weight is 421 g/mol. The number of hydrogen-bond donors (Lipinski definition) is 4. The van der Waals surface area contributed by atoms with E-state index < -0.39 is 10.0 Å². The molecule has 1 aromatic carbocycles. The highest BCUT2D eigenvalue weighted by molar-refractivity contribution is 7.89. The largest absolute Gasteiger partial charge is 0.383 e. The Bertz CT molecular complexity index is 730. The van der Waals surface area contributed by atoms with E-state index in [0.29, 0.717) is 30.9 Å². The zero-order chi connectivity index (χ0) is 19.2. The molecule has 0 aromatic heterocycles. The van der Waals surface area contributed by atoms with Crippen LogP contribution in [0.25, 0.3) is 0 Å². The minimum Gasteiger partial charge on any atom is -0.383 e. The molecule has 10 heteroatoms. The molecule has 0 heterocycles. The third-order valence-electron chi connectivity index (χ3n) is 4.63. The molecule has 5 N–H and O–H groups in total. The summed E-state index contributed by atoms with van der Waals surface area (Å²) in [5, 5.41) is 5.97. The molecule has 1 amide bonds. The van der Waals surface area contributed by atoms with Crippen LogP contribution in [-0.4, -0.2) is 47.7 Å². The number of nitrogens with two attached hydrogens (primary N) is 1. The van der Waals surface area contributed by atoms with Crippen LogP contribution >= 0.6 is 12.4 Å². The van der Waals surface area contributed by atoms with Crippen LogP contribution in [0.1, 0.15) is 25.7 Å². The Balaban J connectivity index is 0.00000364. The summed E-state index contributed by atoms with van der Waals surface area (Å²) in [6.07, 6.45) is 3.26. The predicted octanol–water partition coefficient (Wildman–Crippen LogP) is 1.53. The van der Waals surface area contributed by atoms with Gasteiger partial charge in [0.15, 0.2) is 0 Å². The molecule has 2 atom stereocenters. The lowest BCUT2D eigenvalue weighted by Crippen LogP contribution is -2.28. The topological polar surface area (TPSA) is 123 Å². The highest BCUT2D eigenvalue weighted by Gasteiger charge is 2.26. The molecule has 1 fully saturated rings. The van der Waals surface area contributed by atoms with Gasteiger partial charge in [-0.05, 0) is 44.0 Å². The molecule has 0 radical (unpaired) electrons. The van der Waals surface area contributed by atoms with Gasteiger partial charge in [0.1, 0.15) is 0 Å². The Hall–Kier alpha value is -1.39. The Morgan fingerprint density at radius 3 is 2.63 bits per heavy atom. The van der Waals surface area contributed by atoms with E-state index in [1.54, 1.807) is 13.2 Å². The minimum absolute atomic E-state index is 0. The predicted molar refractivity (Wildman–Crippen MR) is 109 cm³/mol. The van der Waals surface area contributed by atoms with E-state index in [4.69, 9.17) is 10.5 Å². The number of amides is 1. The van der Waals surface area contributed by atoms with E-state index in [9.17, 15) is 13.2 Å². The fourth-order valence-corrected chi connectivity index (χ4v) is 3.87. The first-order chi connectivity index (χ1) is 12.4. The van der Waals surface area contributed by atoms with Crippen molar-refractivity contribution in [2.45, 2.75) is 36.6 Å². The molecule has 0 unspecified atom stereocenters. The van der Waals surface area contributed by atoms with Crippen molar-refractivity contribution in [3.8, 4) is 0 Å². The number of rotatable bonds is 9. The number of carbonyl (C=O) groups is 1. The lowest BCUT2D eigenvalue weighted by atomic mass is 10.00. The van der Waals surface area contributed by atoms with Gasteiger partial charge in [0, 0.05) is 26.1 Å². The fraction of sp³-hybridized carbons (Fsp3) is 0.588. The normalized spacial score (nSPS) is 19.4. The molecule has 1 aliphatic carbocycles. The number of nitrogens with one attached hydrogen (secondary N) is 3. The molecule has 0 saturated heterocycles. The van der Waals surface area contributed by atoms with Crippen LogP contribution in [0.2, 0.25) is 0 Å². The van der Waals surface area contributed by atoms with Gasteiger partial charge in [-0.3, -0.25) is 4.79 Å². The molecule has 1 aromatic rings. The van der Waals surface area contributed by atoms with Crippen molar-refractivity contribution in [3.63, 3.8) is 0 Å². The highest BCUT2D eigenvalue weighted by atomic mass is 35.5. The number of sulfonamides is 1. The van der Waals surface area contributed by atoms with Crippen LogP contribution in [0.4, 0.5) is 11.4 Å². The van der Waals surface area contributed by atoms with E-state index >= 15 is 0 Å². The van der Waals surface area contributed by atoms with E-state index in [1.807, 2.05) is 0 Å². The summed E-state index contributed by atoms with van der Waals surface area (Å²) in [6, 6.07) is 4.63. The second-order valence-corrected chi connectivity index (χ2v) is 8.33. The number of halogens is 1. The SMILES string of the molecule is CNS(=O)(=O)c1ccc(NCCOC)c(NC(=O)C[C@@H]2CCC[C@H]2N)c1.Cl. The Morgan fingerprint density at radius 2 is 2.04 bits per heavy atom. The summed E-state index contributed by atoms with van der Waals surface area (Å²) in [6.45, 7) is 1.02. The minimum atomic E-state index is -3.60. The lowest BCUT2D eigenvalue weighted by Gasteiger charge is -2.17. The first-order valence-corrected chi connectivity index (χ1v) is 10.2. The van der Waals surface area contributed by atoms with Crippen molar-refractivity contribution in [3.05, 3.63) is 18.2 Å². The maximum atomic E-state index is 12.4. The smallest absolute Gasteiger partial charge is 0.240 e. The fourth-order valence-electron chi connectivity index (χ4n) is 3.11. The third kappa shape index (κ3) is 6.62. The number of anilines is 2. The van der Waals surface area contributed by atoms with Gasteiger partial charge in [0.05, 0.1) is 22.9 Å². The van der Waals surface area contributed by atoms with E-state index in [2.05, 4.69) is 15.4 Å². The maximum absolute atomic E-state index is 12.4. The Morgan fingerprint density at radius 1 is 1.30 bits per heavy atom. The molecule has 1 saturated carbocycles. The van der Waals surface area contributed by atoms with Crippen LogP contribution in [0.15, 0.2) is 23.1 Å². The van der Waals surface area contributed by atoms with Crippen molar-refractivity contribution in [1.82, 2.24) is 4.72 Å². The summed E-state index contributed by atoms with van der Waals surface area (Å²) in [5.74, 6) is 0.00488. The number of benzene rings is 1. The number of hydrogen-bond acceptors (Lipinski definition) is 6. The van der Waals surface area contributed by atoms with E-state index in [1.165, 1.54) is 19.2 Å². The third-order valence-corrected chi connectivity index (χ3v) is 6.04. The first-order valence-electron chi connectivity index (χ1n) is 8.73. The molecule has 0 spiro atoms. The summed E-state index contributed by atoms with van der Waals surface area (Å²) >= 11 is 0. The van der Waals surface area contributed by atoms with Gasteiger partial charge >= 0.3 is 0 Å². The standard InChI is InChI=1S/C17H28N4O4S.ClH/c1-19-26(23,24)13-6-7-15(20-8-9-25-2)16(11-13)21-17(22)10-12-4-3-5-14(12)18;/h6-7,11-12,14,19-20H,3-5,8-10,18H2,1-2H3,(H,21,22);1H/t12-,14+;/m0./s1. The second-order valence-electron chi connectivity index (χ2n) is 6.44. The van der Waals surface area contributed by atoms with Gasteiger partial charge < -0.3 is 21.1 Å². The van der Waals surface area contributed by atoms with Crippen molar-refractivity contribution in [2.24, 2.45) is 11.7 Å². The molecule has 0 aliphatic heterocycles. The Kier molecular flexibility index (Phi) is 9.48. The van der Waals surface area contributed by atoms with Crippen molar-refractivity contribution in [1.29, 1.82) is 0 Å². The van der Waals surface area contributed by atoms with Gasteiger partial charge in [-0.25, -0.2) is 13.1 Å². The summed E-state index contributed by atoms with van der Waals surface area (Å²) in [5.41, 5.74) is 7.10. The Labute approximate surface area is 167 Å². The zero-order valence-corrected chi connectivity index (χ0v) is 17.3. The molecule has 8 nitrogen and oxygen atoms in total. The maximum Gasteiger partial charge on any atom is 0.240 e.